The molecule has 2 rings (SSSR count). The van der Waals surface area contributed by atoms with Crippen LogP contribution in [0.2, 0.25) is 0 Å². The van der Waals surface area contributed by atoms with Crippen molar-refractivity contribution in [1.82, 2.24) is 5.32 Å². The highest BCUT2D eigenvalue weighted by molar-refractivity contribution is 5.29. The molecule has 1 unspecified atom stereocenters. The smallest absolute Gasteiger partial charge is 0.0208 e. The van der Waals surface area contributed by atoms with Crippen molar-refractivity contribution in [2.45, 2.75) is 59.0 Å². The van der Waals surface area contributed by atoms with Crippen molar-refractivity contribution in [3.63, 3.8) is 0 Å². The largest absolute Gasteiger partial charge is 0.310 e. The molecular weight excluding hydrogens is 206 g/mol. The Kier molecular flexibility index (Phi) is 3.58. The summed E-state index contributed by atoms with van der Waals surface area (Å²) in [4.78, 5) is 0. The topological polar surface area (TPSA) is 12.0 Å². The third-order valence-corrected chi connectivity index (χ3v) is 3.91. The van der Waals surface area contributed by atoms with Gasteiger partial charge in [0, 0.05) is 12.6 Å². The highest BCUT2D eigenvalue weighted by Gasteiger charge is 2.23. The summed E-state index contributed by atoms with van der Waals surface area (Å²) < 4.78 is 0. The van der Waals surface area contributed by atoms with Crippen molar-refractivity contribution in [2.75, 3.05) is 0 Å². The van der Waals surface area contributed by atoms with Gasteiger partial charge in [-0.25, -0.2) is 0 Å². The molecule has 1 aromatic rings. The van der Waals surface area contributed by atoms with Crippen LogP contribution >= 0.6 is 0 Å². The zero-order valence-electron chi connectivity index (χ0n) is 11.6. The van der Waals surface area contributed by atoms with Gasteiger partial charge in [-0.05, 0) is 42.2 Å². The first-order valence-corrected chi connectivity index (χ1v) is 6.79. The molecule has 1 atom stereocenters. The Balaban J connectivity index is 1.92. The molecule has 1 fully saturated rings. The molecule has 0 bridgehead atoms. The Labute approximate surface area is 106 Å². The van der Waals surface area contributed by atoms with Crippen LogP contribution in [0.25, 0.3) is 0 Å². The summed E-state index contributed by atoms with van der Waals surface area (Å²) in [6.07, 6.45) is 2.77. The molecular formula is C16H25N. The highest BCUT2D eigenvalue weighted by Crippen LogP contribution is 2.40. The Morgan fingerprint density at radius 1 is 1.29 bits per heavy atom. The lowest BCUT2D eigenvalue weighted by molar-refractivity contribution is 0.285. The maximum Gasteiger partial charge on any atom is 0.0208 e. The van der Waals surface area contributed by atoms with Gasteiger partial charge >= 0.3 is 0 Å². The van der Waals surface area contributed by atoms with Gasteiger partial charge in [-0.3, -0.25) is 0 Å². The molecule has 0 spiro atoms. The second kappa shape index (κ2) is 4.81. The van der Waals surface area contributed by atoms with Gasteiger partial charge in [0.1, 0.15) is 0 Å². The molecule has 1 aliphatic rings. The molecule has 1 heteroatoms. The molecule has 1 aliphatic carbocycles. The zero-order chi connectivity index (χ0) is 12.5. The lowest BCUT2D eigenvalue weighted by atomic mass is 9.88. The van der Waals surface area contributed by atoms with Crippen LogP contribution in [0.3, 0.4) is 0 Å². The van der Waals surface area contributed by atoms with Gasteiger partial charge in [0.25, 0.3) is 0 Å². The molecule has 1 aromatic carbocycles. The average molecular weight is 231 g/mol. The predicted molar refractivity (Wildman–Crippen MR) is 74.2 cm³/mol. The van der Waals surface area contributed by atoms with E-state index in [1.807, 2.05) is 0 Å². The Morgan fingerprint density at radius 2 is 2.00 bits per heavy atom. The van der Waals surface area contributed by atoms with E-state index >= 15 is 0 Å². The lowest BCUT2D eigenvalue weighted by Crippen LogP contribution is -2.37. The molecule has 1 N–H and O–H groups in total. The lowest BCUT2D eigenvalue weighted by Gasteiger charge is -2.28. The maximum atomic E-state index is 3.63. The molecule has 17 heavy (non-hydrogen) atoms. The van der Waals surface area contributed by atoms with E-state index in [1.165, 1.54) is 24.0 Å². The second-order valence-electron chi connectivity index (χ2n) is 6.49. The van der Waals surface area contributed by atoms with Gasteiger partial charge in [0.15, 0.2) is 0 Å². The average Bonchev–Trinajstić information content (AvgIpc) is 3.08. The molecule has 0 heterocycles. The summed E-state index contributed by atoms with van der Waals surface area (Å²) >= 11 is 0. The highest BCUT2D eigenvalue weighted by atomic mass is 14.9. The zero-order valence-corrected chi connectivity index (χ0v) is 11.6. The summed E-state index contributed by atoms with van der Waals surface area (Å²) in [6, 6.07) is 9.61. The summed E-state index contributed by atoms with van der Waals surface area (Å²) in [5.74, 6) is 0.856. The molecule has 0 saturated heterocycles. The molecule has 0 aliphatic heterocycles. The molecule has 0 radical (unpaired) electrons. The van der Waals surface area contributed by atoms with Gasteiger partial charge in [-0.1, -0.05) is 45.0 Å². The standard InChI is InChI=1S/C16H25N/c1-12(16(2,3)4)17-11-13-6-5-7-15(10-13)14-8-9-14/h5-7,10,12,14,17H,8-9,11H2,1-4H3. The van der Waals surface area contributed by atoms with Crippen LogP contribution in [-0.4, -0.2) is 6.04 Å². The summed E-state index contributed by atoms with van der Waals surface area (Å²) in [6.45, 7) is 10.1. The first-order valence-electron chi connectivity index (χ1n) is 6.79. The summed E-state index contributed by atoms with van der Waals surface area (Å²) in [7, 11) is 0. The molecule has 1 nitrogen and oxygen atoms in total. The van der Waals surface area contributed by atoms with Crippen molar-refractivity contribution in [1.29, 1.82) is 0 Å². The summed E-state index contributed by atoms with van der Waals surface area (Å²) in [5.41, 5.74) is 3.28. The summed E-state index contributed by atoms with van der Waals surface area (Å²) in [5, 5.41) is 3.63. The fourth-order valence-corrected chi connectivity index (χ4v) is 1.95. The SMILES string of the molecule is CC(NCc1cccc(C2CC2)c1)C(C)(C)C. The fraction of sp³-hybridized carbons (Fsp3) is 0.625. The Bertz CT molecular complexity index is 371. The van der Waals surface area contributed by atoms with Crippen molar-refractivity contribution in [2.24, 2.45) is 5.41 Å². The minimum atomic E-state index is 0.327. The van der Waals surface area contributed by atoms with Gasteiger partial charge in [-0.2, -0.15) is 0 Å². The van der Waals surface area contributed by atoms with E-state index in [0.717, 1.165) is 12.5 Å². The molecule has 0 aromatic heterocycles. The molecule has 1 saturated carbocycles. The van der Waals surface area contributed by atoms with Crippen molar-refractivity contribution < 1.29 is 0 Å². The minimum absolute atomic E-state index is 0.327. The van der Waals surface area contributed by atoms with Crippen LogP contribution in [0.15, 0.2) is 24.3 Å². The van der Waals surface area contributed by atoms with Gasteiger partial charge in [0.2, 0.25) is 0 Å². The van der Waals surface area contributed by atoms with Crippen molar-refractivity contribution in [3.05, 3.63) is 35.4 Å². The van der Waals surface area contributed by atoms with E-state index in [4.69, 9.17) is 0 Å². The first-order chi connectivity index (χ1) is 7.97. The number of benzene rings is 1. The number of rotatable bonds is 4. The molecule has 0 amide bonds. The third-order valence-electron chi connectivity index (χ3n) is 3.91. The Hall–Kier alpha value is -0.820. The fourth-order valence-electron chi connectivity index (χ4n) is 1.95. The minimum Gasteiger partial charge on any atom is -0.310 e. The van der Waals surface area contributed by atoms with Crippen LogP contribution in [0.5, 0.6) is 0 Å². The van der Waals surface area contributed by atoms with Gasteiger partial charge < -0.3 is 5.32 Å². The Morgan fingerprint density at radius 3 is 2.59 bits per heavy atom. The second-order valence-corrected chi connectivity index (χ2v) is 6.49. The van der Waals surface area contributed by atoms with Crippen LogP contribution in [0.4, 0.5) is 0 Å². The number of hydrogen-bond acceptors (Lipinski definition) is 1. The van der Waals surface area contributed by atoms with Gasteiger partial charge in [-0.15, -0.1) is 0 Å². The first kappa shape index (κ1) is 12.6. The quantitative estimate of drug-likeness (QED) is 0.823. The predicted octanol–water partition coefficient (Wildman–Crippen LogP) is 4.09. The van der Waals surface area contributed by atoms with Crippen LogP contribution < -0.4 is 5.32 Å². The van der Waals surface area contributed by atoms with Crippen LogP contribution in [0, 0.1) is 5.41 Å². The monoisotopic (exact) mass is 231 g/mol. The van der Waals surface area contributed by atoms with Gasteiger partial charge in [0.05, 0.1) is 0 Å². The normalized spacial score (nSPS) is 18.1. The van der Waals surface area contributed by atoms with E-state index < -0.39 is 0 Å². The maximum absolute atomic E-state index is 3.63. The van der Waals surface area contributed by atoms with E-state index in [1.54, 1.807) is 0 Å². The van der Waals surface area contributed by atoms with E-state index in [-0.39, 0.29) is 0 Å². The van der Waals surface area contributed by atoms with Crippen molar-refractivity contribution >= 4 is 0 Å². The van der Waals surface area contributed by atoms with Crippen LogP contribution in [-0.2, 0) is 6.54 Å². The number of hydrogen-bond donors (Lipinski definition) is 1. The van der Waals surface area contributed by atoms with Crippen molar-refractivity contribution in [3.8, 4) is 0 Å². The van der Waals surface area contributed by atoms with E-state index in [0.29, 0.717) is 11.5 Å². The molecule has 94 valence electrons. The van der Waals surface area contributed by atoms with E-state index in [9.17, 15) is 0 Å². The van der Waals surface area contributed by atoms with Crippen LogP contribution in [0.1, 0.15) is 57.6 Å². The van der Waals surface area contributed by atoms with E-state index in [2.05, 4.69) is 57.3 Å². The number of nitrogens with one attached hydrogen (secondary N) is 1. The third kappa shape index (κ3) is 3.57.